The van der Waals surface area contributed by atoms with E-state index in [0.717, 1.165) is 12.1 Å². The van der Waals surface area contributed by atoms with Crippen LogP contribution < -0.4 is 14.8 Å². The first-order valence-electron chi connectivity index (χ1n) is 8.53. The van der Waals surface area contributed by atoms with Crippen molar-refractivity contribution in [2.75, 3.05) is 5.32 Å². The first-order valence-corrected chi connectivity index (χ1v) is 8.53. The summed E-state index contributed by atoms with van der Waals surface area (Å²) >= 11 is 0. The van der Waals surface area contributed by atoms with Crippen molar-refractivity contribution in [3.05, 3.63) is 66.9 Å². The molecule has 2 aromatic carbocycles. The number of ether oxygens (including phenoxy) is 2. The fourth-order valence-corrected chi connectivity index (χ4v) is 2.61. The van der Waals surface area contributed by atoms with E-state index in [2.05, 4.69) is 20.0 Å². The molecule has 152 valence electrons. The molecule has 0 atom stereocenters. The number of hydrogen-bond acceptors (Lipinski definition) is 6. The predicted molar refractivity (Wildman–Crippen MR) is 100 cm³/mol. The maximum atomic E-state index is 12.2. The van der Waals surface area contributed by atoms with E-state index in [-0.39, 0.29) is 11.6 Å². The van der Waals surface area contributed by atoms with E-state index in [4.69, 9.17) is 9.15 Å². The van der Waals surface area contributed by atoms with Gasteiger partial charge in [0, 0.05) is 6.20 Å². The van der Waals surface area contributed by atoms with Crippen LogP contribution in [-0.2, 0) is 0 Å². The summed E-state index contributed by atoms with van der Waals surface area (Å²) < 4.78 is 51.2. The van der Waals surface area contributed by atoms with Crippen molar-refractivity contribution in [2.24, 2.45) is 0 Å². The van der Waals surface area contributed by atoms with Crippen LogP contribution in [0.2, 0.25) is 0 Å². The summed E-state index contributed by atoms with van der Waals surface area (Å²) in [5.74, 6) is -0.135. The quantitative estimate of drug-likeness (QED) is 0.480. The van der Waals surface area contributed by atoms with Crippen molar-refractivity contribution in [1.82, 2.24) is 9.97 Å². The zero-order valence-corrected chi connectivity index (χ0v) is 15.0. The number of carbonyl (C=O) groups excluding carboxylic acids is 1. The molecule has 0 radical (unpaired) electrons. The molecule has 0 aliphatic heterocycles. The van der Waals surface area contributed by atoms with Gasteiger partial charge in [0.25, 0.3) is 0 Å². The van der Waals surface area contributed by atoms with Gasteiger partial charge in [-0.2, -0.15) is 4.98 Å². The highest BCUT2D eigenvalue weighted by Gasteiger charge is 2.31. The number of nitrogens with one attached hydrogen (secondary N) is 1. The highest BCUT2D eigenvalue weighted by Crippen LogP contribution is 2.30. The Morgan fingerprint density at radius 2 is 1.70 bits per heavy atom. The summed E-state index contributed by atoms with van der Waals surface area (Å²) in [6.45, 7) is 0. The first-order chi connectivity index (χ1) is 14.4. The fraction of sp³-hybridized carbons (Fsp3) is 0.0500. The van der Waals surface area contributed by atoms with Gasteiger partial charge in [0.1, 0.15) is 11.5 Å². The van der Waals surface area contributed by atoms with Gasteiger partial charge in [0.15, 0.2) is 11.2 Å². The Kier molecular flexibility index (Phi) is 4.97. The molecule has 2 heterocycles. The highest BCUT2D eigenvalue weighted by atomic mass is 19.4. The molecule has 0 bridgehead atoms. The summed E-state index contributed by atoms with van der Waals surface area (Å²) in [5.41, 5.74) is 1.78. The lowest BCUT2D eigenvalue weighted by molar-refractivity contribution is -0.274. The number of benzene rings is 2. The van der Waals surface area contributed by atoms with Gasteiger partial charge < -0.3 is 13.9 Å². The summed E-state index contributed by atoms with van der Waals surface area (Å²) in [5, 5.41) is 2.56. The lowest BCUT2D eigenvalue weighted by Crippen LogP contribution is -2.18. The number of amides is 1. The Morgan fingerprint density at radius 1 is 0.967 bits per heavy atom. The standard InChI is InChI=1S/C20H12F3N3O4/c21-20(22,23)30-13-9-7-12(8-10-13)28-19(27)25-15-5-2-1-4-14(15)18-26-17-16(29-18)6-3-11-24-17/h1-11H,(H,25,27). The van der Waals surface area contributed by atoms with Crippen LogP contribution in [0.25, 0.3) is 22.7 Å². The molecule has 0 spiro atoms. The van der Waals surface area contributed by atoms with Crippen molar-refractivity contribution in [3.8, 4) is 23.0 Å². The zero-order valence-electron chi connectivity index (χ0n) is 15.0. The Morgan fingerprint density at radius 3 is 2.43 bits per heavy atom. The van der Waals surface area contributed by atoms with E-state index in [1.54, 1.807) is 42.6 Å². The van der Waals surface area contributed by atoms with Gasteiger partial charge in [-0.05, 0) is 48.5 Å². The SMILES string of the molecule is O=C(Nc1ccccc1-c1nc2ncccc2o1)Oc1ccc(OC(F)(F)F)cc1. The van der Waals surface area contributed by atoms with Crippen LogP contribution in [0.4, 0.5) is 23.7 Å². The Labute approximate surface area is 167 Å². The van der Waals surface area contributed by atoms with Gasteiger partial charge >= 0.3 is 12.5 Å². The maximum Gasteiger partial charge on any atom is 0.573 e. The van der Waals surface area contributed by atoms with Crippen molar-refractivity contribution in [2.45, 2.75) is 6.36 Å². The van der Waals surface area contributed by atoms with Crippen LogP contribution in [0.3, 0.4) is 0 Å². The molecule has 0 aliphatic rings. The molecule has 0 saturated heterocycles. The maximum absolute atomic E-state index is 12.2. The van der Waals surface area contributed by atoms with Crippen LogP contribution in [0, 0.1) is 0 Å². The number of alkyl halides is 3. The largest absolute Gasteiger partial charge is 0.573 e. The molecular weight excluding hydrogens is 403 g/mol. The van der Waals surface area contributed by atoms with Gasteiger partial charge in [-0.15, -0.1) is 13.2 Å². The van der Waals surface area contributed by atoms with E-state index in [1.807, 2.05) is 0 Å². The van der Waals surface area contributed by atoms with Gasteiger partial charge in [0.2, 0.25) is 5.89 Å². The lowest BCUT2D eigenvalue weighted by atomic mass is 10.2. The van der Waals surface area contributed by atoms with Crippen LogP contribution in [0.5, 0.6) is 11.5 Å². The van der Waals surface area contributed by atoms with Crippen molar-refractivity contribution in [1.29, 1.82) is 0 Å². The van der Waals surface area contributed by atoms with E-state index >= 15 is 0 Å². The fourth-order valence-electron chi connectivity index (χ4n) is 2.61. The zero-order chi connectivity index (χ0) is 21.1. The molecule has 1 N–H and O–H groups in total. The number of anilines is 1. The minimum atomic E-state index is -4.80. The number of hydrogen-bond donors (Lipinski definition) is 1. The molecule has 0 fully saturated rings. The normalized spacial score (nSPS) is 11.3. The molecule has 0 saturated carbocycles. The van der Waals surface area contributed by atoms with Crippen molar-refractivity contribution in [3.63, 3.8) is 0 Å². The number of nitrogens with zero attached hydrogens (tertiary/aromatic N) is 2. The monoisotopic (exact) mass is 415 g/mol. The molecule has 1 amide bonds. The van der Waals surface area contributed by atoms with E-state index < -0.39 is 18.2 Å². The van der Waals surface area contributed by atoms with Crippen molar-refractivity contribution >= 4 is 23.0 Å². The molecule has 4 aromatic rings. The molecule has 2 aromatic heterocycles. The van der Waals surface area contributed by atoms with E-state index in [0.29, 0.717) is 22.5 Å². The van der Waals surface area contributed by atoms with E-state index in [9.17, 15) is 18.0 Å². The molecule has 30 heavy (non-hydrogen) atoms. The summed E-state index contributed by atoms with van der Waals surface area (Å²) in [4.78, 5) is 20.6. The topological polar surface area (TPSA) is 86.5 Å². The summed E-state index contributed by atoms with van der Waals surface area (Å²) in [6.07, 6.45) is -4.06. The number of halogens is 3. The lowest BCUT2D eigenvalue weighted by Gasteiger charge is -2.11. The second-order valence-electron chi connectivity index (χ2n) is 5.92. The molecule has 0 aliphatic carbocycles. The first kappa shape index (κ1) is 19.2. The van der Waals surface area contributed by atoms with E-state index in [1.165, 1.54) is 12.1 Å². The Hall–Kier alpha value is -4.08. The third kappa shape index (κ3) is 4.49. The van der Waals surface area contributed by atoms with Crippen LogP contribution in [0.15, 0.2) is 71.3 Å². The highest BCUT2D eigenvalue weighted by molar-refractivity contribution is 5.91. The Balaban J connectivity index is 1.49. The summed E-state index contributed by atoms with van der Waals surface area (Å²) in [7, 11) is 0. The number of rotatable bonds is 4. The second kappa shape index (κ2) is 7.74. The van der Waals surface area contributed by atoms with Gasteiger partial charge in [0.05, 0.1) is 11.3 Å². The number of pyridine rings is 1. The van der Waals surface area contributed by atoms with Gasteiger partial charge in [-0.3, -0.25) is 5.32 Å². The van der Waals surface area contributed by atoms with Crippen LogP contribution in [-0.4, -0.2) is 22.4 Å². The third-order valence-electron chi connectivity index (χ3n) is 3.83. The van der Waals surface area contributed by atoms with Crippen molar-refractivity contribution < 1.29 is 31.9 Å². The molecular formula is C20H12F3N3O4. The molecule has 4 rings (SSSR count). The minimum absolute atomic E-state index is 0.0329. The number of para-hydroxylation sites is 1. The Bertz CT molecular complexity index is 1160. The number of aromatic nitrogens is 2. The molecule has 0 unspecified atom stereocenters. The van der Waals surface area contributed by atoms with Gasteiger partial charge in [-0.1, -0.05) is 12.1 Å². The second-order valence-corrected chi connectivity index (χ2v) is 5.92. The smallest absolute Gasteiger partial charge is 0.434 e. The van der Waals surface area contributed by atoms with Crippen LogP contribution >= 0.6 is 0 Å². The minimum Gasteiger partial charge on any atom is -0.434 e. The number of oxazole rings is 1. The predicted octanol–water partition coefficient (Wildman–Crippen LogP) is 5.40. The average molecular weight is 415 g/mol. The average Bonchev–Trinajstić information content (AvgIpc) is 3.13. The van der Waals surface area contributed by atoms with Crippen LogP contribution in [0.1, 0.15) is 0 Å². The van der Waals surface area contributed by atoms with Gasteiger partial charge in [-0.25, -0.2) is 9.78 Å². The molecule has 10 heteroatoms. The summed E-state index contributed by atoms with van der Waals surface area (Å²) in [6, 6.07) is 14.6. The molecule has 7 nitrogen and oxygen atoms in total. The number of fused-ring (bicyclic) bond motifs is 1. The number of carbonyl (C=O) groups is 1. The third-order valence-corrected chi connectivity index (χ3v) is 3.83.